The molecule has 0 saturated heterocycles. The lowest BCUT2D eigenvalue weighted by molar-refractivity contribution is 0.299. The van der Waals surface area contributed by atoms with Gasteiger partial charge in [-0.1, -0.05) is 52.8 Å². The number of para-hydroxylation sites is 1. The van der Waals surface area contributed by atoms with E-state index >= 15 is 0 Å². The number of benzene rings is 1. The molecule has 1 aromatic carbocycles. The van der Waals surface area contributed by atoms with Crippen LogP contribution in [0.15, 0.2) is 24.3 Å². The summed E-state index contributed by atoms with van der Waals surface area (Å²) in [6, 6.07) is 8.35. The molecule has 0 amide bonds. The number of nitrogens with one attached hydrogen (secondary N) is 1. The van der Waals surface area contributed by atoms with E-state index in [1.807, 2.05) is 6.07 Å². The molecule has 0 fully saturated rings. The molecule has 0 aliphatic rings. The highest BCUT2D eigenvalue weighted by Gasteiger charge is 2.17. The minimum atomic E-state index is 0.131. The molecule has 0 unspecified atom stereocenters. The van der Waals surface area contributed by atoms with Crippen LogP contribution in [0.25, 0.3) is 0 Å². The maximum atomic E-state index is 5.93. The van der Waals surface area contributed by atoms with Crippen LogP contribution in [-0.2, 0) is 5.41 Å². The number of ether oxygens (including phenoxy) is 1. The van der Waals surface area contributed by atoms with Crippen LogP contribution in [0.4, 0.5) is 0 Å². The van der Waals surface area contributed by atoms with Crippen LogP contribution in [-0.4, -0.2) is 19.7 Å². The second-order valence-corrected chi connectivity index (χ2v) is 6.55. The Hall–Kier alpha value is -1.02. The molecular weight excluding hydrogens is 234 g/mol. The summed E-state index contributed by atoms with van der Waals surface area (Å²) in [6.45, 7) is 14.0. The highest BCUT2D eigenvalue weighted by Crippen LogP contribution is 2.30. The molecule has 1 N–H and O–H groups in total. The predicted molar refractivity (Wildman–Crippen MR) is 83.0 cm³/mol. The van der Waals surface area contributed by atoms with E-state index in [1.165, 1.54) is 5.56 Å². The van der Waals surface area contributed by atoms with Crippen LogP contribution in [0.5, 0.6) is 5.75 Å². The molecule has 2 heteroatoms. The van der Waals surface area contributed by atoms with E-state index in [9.17, 15) is 0 Å². The summed E-state index contributed by atoms with van der Waals surface area (Å²) in [6.07, 6.45) is 1.05. The third-order valence-corrected chi connectivity index (χ3v) is 3.00. The van der Waals surface area contributed by atoms with Gasteiger partial charge >= 0.3 is 0 Å². The summed E-state index contributed by atoms with van der Waals surface area (Å²) in [4.78, 5) is 0. The Balaban J connectivity index is 2.37. The van der Waals surface area contributed by atoms with Crippen molar-refractivity contribution in [1.82, 2.24) is 5.32 Å². The van der Waals surface area contributed by atoms with Gasteiger partial charge in [0.05, 0.1) is 6.61 Å². The van der Waals surface area contributed by atoms with Crippen molar-refractivity contribution in [2.45, 2.75) is 46.5 Å². The first-order chi connectivity index (χ1) is 8.91. The molecule has 0 aromatic heterocycles. The van der Waals surface area contributed by atoms with Crippen molar-refractivity contribution in [3.63, 3.8) is 0 Å². The van der Waals surface area contributed by atoms with Gasteiger partial charge in [-0.15, -0.1) is 0 Å². The van der Waals surface area contributed by atoms with E-state index in [-0.39, 0.29) is 5.41 Å². The Morgan fingerprint density at radius 1 is 1.16 bits per heavy atom. The number of hydrogen-bond acceptors (Lipinski definition) is 2. The lowest BCUT2D eigenvalue weighted by atomic mass is 9.86. The highest BCUT2D eigenvalue weighted by atomic mass is 16.5. The van der Waals surface area contributed by atoms with Gasteiger partial charge in [0, 0.05) is 0 Å². The molecule has 2 nitrogen and oxygen atoms in total. The Morgan fingerprint density at radius 2 is 1.84 bits per heavy atom. The summed E-state index contributed by atoms with van der Waals surface area (Å²) in [5.74, 6) is 1.74. The average Bonchev–Trinajstić information content (AvgIpc) is 2.32. The minimum Gasteiger partial charge on any atom is -0.493 e. The largest absolute Gasteiger partial charge is 0.493 e. The van der Waals surface area contributed by atoms with Gasteiger partial charge in [0.2, 0.25) is 0 Å². The summed E-state index contributed by atoms with van der Waals surface area (Å²) < 4.78 is 5.93. The SMILES string of the molecule is CC(C)CNCCCOc1ccccc1C(C)(C)C. The van der Waals surface area contributed by atoms with Crippen molar-refractivity contribution in [3.05, 3.63) is 29.8 Å². The fraction of sp³-hybridized carbons (Fsp3) is 0.647. The van der Waals surface area contributed by atoms with Crippen molar-refractivity contribution < 1.29 is 4.74 Å². The predicted octanol–water partition coefficient (Wildman–Crippen LogP) is 4.00. The number of hydrogen-bond donors (Lipinski definition) is 1. The molecule has 0 atom stereocenters. The van der Waals surface area contributed by atoms with Gasteiger partial charge in [0.25, 0.3) is 0 Å². The zero-order valence-corrected chi connectivity index (χ0v) is 13.1. The molecule has 1 aromatic rings. The first-order valence-electron chi connectivity index (χ1n) is 7.34. The normalized spacial score (nSPS) is 11.9. The fourth-order valence-electron chi connectivity index (χ4n) is 1.98. The third kappa shape index (κ3) is 6.11. The maximum Gasteiger partial charge on any atom is 0.123 e. The summed E-state index contributed by atoms with van der Waals surface area (Å²) in [5.41, 5.74) is 1.41. The summed E-state index contributed by atoms with van der Waals surface area (Å²) >= 11 is 0. The molecule has 19 heavy (non-hydrogen) atoms. The summed E-state index contributed by atoms with van der Waals surface area (Å²) in [5, 5.41) is 3.44. The lowest BCUT2D eigenvalue weighted by Crippen LogP contribution is -2.22. The Bertz CT molecular complexity index is 366. The fourth-order valence-corrected chi connectivity index (χ4v) is 1.98. The Kier molecular flexibility index (Phi) is 6.36. The number of rotatable bonds is 7. The molecule has 1 rings (SSSR count). The van der Waals surface area contributed by atoms with Crippen molar-refractivity contribution in [3.8, 4) is 5.75 Å². The van der Waals surface area contributed by atoms with Crippen LogP contribution < -0.4 is 10.1 Å². The Morgan fingerprint density at radius 3 is 2.47 bits per heavy atom. The van der Waals surface area contributed by atoms with E-state index in [0.717, 1.165) is 31.9 Å². The second kappa shape index (κ2) is 7.54. The molecule has 0 spiro atoms. The van der Waals surface area contributed by atoms with Gasteiger partial charge < -0.3 is 10.1 Å². The molecule has 0 saturated carbocycles. The van der Waals surface area contributed by atoms with Gasteiger partial charge in [-0.2, -0.15) is 0 Å². The minimum absolute atomic E-state index is 0.131. The molecule has 108 valence electrons. The molecule has 0 heterocycles. The van der Waals surface area contributed by atoms with Crippen LogP contribution in [0.3, 0.4) is 0 Å². The zero-order valence-electron chi connectivity index (χ0n) is 13.1. The van der Waals surface area contributed by atoms with E-state index in [0.29, 0.717) is 5.92 Å². The van der Waals surface area contributed by atoms with Crippen molar-refractivity contribution in [1.29, 1.82) is 0 Å². The van der Waals surface area contributed by atoms with Crippen molar-refractivity contribution >= 4 is 0 Å². The molecule has 0 aliphatic carbocycles. The smallest absolute Gasteiger partial charge is 0.123 e. The average molecular weight is 263 g/mol. The molecular formula is C17H29NO. The maximum absolute atomic E-state index is 5.93. The lowest BCUT2D eigenvalue weighted by Gasteiger charge is -2.22. The van der Waals surface area contributed by atoms with Crippen LogP contribution in [0, 0.1) is 5.92 Å². The van der Waals surface area contributed by atoms with Gasteiger partial charge in [-0.3, -0.25) is 0 Å². The van der Waals surface area contributed by atoms with E-state index < -0.39 is 0 Å². The van der Waals surface area contributed by atoms with E-state index in [4.69, 9.17) is 4.74 Å². The van der Waals surface area contributed by atoms with Gasteiger partial charge in [-0.25, -0.2) is 0 Å². The van der Waals surface area contributed by atoms with Gasteiger partial charge in [0.1, 0.15) is 5.75 Å². The third-order valence-electron chi connectivity index (χ3n) is 3.00. The van der Waals surface area contributed by atoms with Crippen molar-refractivity contribution in [2.75, 3.05) is 19.7 Å². The zero-order chi connectivity index (χ0) is 14.3. The van der Waals surface area contributed by atoms with E-state index in [2.05, 4.69) is 58.1 Å². The van der Waals surface area contributed by atoms with Crippen molar-refractivity contribution in [2.24, 2.45) is 5.92 Å². The van der Waals surface area contributed by atoms with Crippen LogP contribution in [0.2, 0.25) is 0 Å². The standard InChI is InChI=1S/C17H29NO/c1-14(2)13-18-11-8-12-19-16-10-7-6-9-15(16)17(3,4)5/h6-7,9-10,14,18H,8,11-13H2,1-5H3. The quantitative estimate of drug-likeness (QED) is 0.751. The first-order valence-corrected chi connectivity index (χ1v) is 7.34. The second-order valence-electron chi connectivity index (χ2n) is 6.55. The summed E-state index contributed by atoms with van der Waals surface area (Å²) in [7, 11) is 0. The first kappa shape index (κ1) is 16.0. The Labute approximate surface area is 118 Å². The van der Waals surface area contributed by atoms with Crippen LogP contribution in [0.1, 0.15) is 46.6 Å². The topological polar surface area (TPSA) is 21.3 Å². The molecule has 0 bridgehead atoms. The van der Waals surface area contributed by atoms with E-state index in [1.54, 1.807) is 0 Å². The molecule has 0 radical (unpaired) electrons. The monoisotopic (exact) mass is 263 g/mol. The molecule has 0 aliphatic heterocycles. The van der Waals surface area contributed by atoms with Gasteiger partial charge in [-0.05, 0) is 42.5 Å². The van der Waals surface area contributed by atoms with Gasteiger partial charge in [0.15, 0.2) is 0 Å². The highest BCUT2D eigenvalue weighted by molar-refractivity contribution is 5.38. The van der Waals surface area contributed by atoms with Crippen LogP contribution >= 0.6 is 0 Å².